The van der Waals surface area contributed by atoms with Gasteiger partial charge in [-0.2, -0.15) is 0 Å². The maximum absolute atomic E-state index is 12.1. The molecule has 0 aliphatic heterocycles. The van der Waals surface area contributed by atoms with Gasteiger partial charge >= 0.3 is 5.97 Å². The maximum Gasteiger partial charge on any atom is 0.331 e. The van der Waals surface area contributed by atoms with Crippen molar-refractivity contribution in [1.82, 2.24) is 0 Å². The van der Waals surface area contributed by atoms with Crippen molar-refractivity contribution in [3.05, 3.63) is 58.7 Å². The molecule has 160 valence electrons. The first-order valence-electron chi connectivity index (χ1n) is 9.87. The molecule has 30 heavy (non-hydrogen) atoms. The molecule has 6 heteroatoms. The minimum Gasteiger partial charge on any atom is -0.493 e. The molecular weight excluding hydrogens is 382 g/mol. The summed E-state index contributed by atoms with van der Waals surface area (Å²) in [7, 11) is 1.56. The molecule has 2 aromatic carbocycles. The van der Waals surface area contributed by atoms with Gasteiger partial charge < -0.3 is 19.5 Å². The van der Waals surface area contributed by atoms with Crippen molar-refractivity contribution in [1.29, 1.82) is 0 Å². The van der Waals surface area contributed by atoms with E-state index in [1.807, 2.05) is 45.9 Å². The first kappa shape index (κ1) is 23.0. The third kappa shape index (κ3) is 6.65. The van der Waals surface area contributed by atoms with Crippen molar-refractivity contribution in [3.63, 3.8) is 0 Å². The summed E-state index contributed by atoms with van der Waals surface area (Å²) in [4.78, 5) is 24.1. The van der Waals surface area contributed by atoms with E-state index in [1.54, 1.807) is 25.3 Å². The second-order valence-corrected chi connectivity index (χ2v) is 7.02. The molecule has 0 bridgehead atoms. The van der Waals surface area contributed by atoms with Crippen LogP contribution in [0.2, 0.25) is 0 Å². The van der Waals surface area contributed by atoms with Crippen molar-refractivity contribution in [2.24, 2.45) is 0 Å². The van der Waals surface area contributed by atoms with Crippen molar-refractivity contribution in [2.45, 2.75) is 34.1 Å². The van der Waals surface area contributed by atoms with Gasteiger partial charge in [-0.15, -0.1) is 0 Å². The van der Waals surface area contributed by atoms with E-state index in [9.17, 15) is 9.59 Å². The Hall–Kier alpha value is -3.28. The summed E-state index contributed by atoms with van der Waals surface area (Å²) in [6.07, 6.45) is 3.77. The Morgan fingerprint density at radius 2 is 1.73 bits per heavy atom. The number of carbonyl (C=O) groups is 2. The topological polar surface area (TPSA) is 73.9 Å². The second-order valence-electron chi connectivity index (χ2n) is 7.02. The highest BCUT2D eigenvalue weighted by Gasteiger charge is 2.10. The number of nitrogens with one attached hydrogen (secondary N) is 1. The molecule has 0 saturated carbocycles. The maximum atomic E-state index is 12.1. The molecule has 0 spiro atoms. The van der Waals surface area contributed by atoms with Gasteiger partial charge in [-0.05, 0) is 62.1 Å². The summed E-state index contributed by atoms with van der Waals surface area (Å²) >= 11 is 0. The van der Waals surface area contributed by atoms with Crippen LogP contribution in [0.4, 0.5) is 5.69 Å². The van der Waals surface area contributed by atoms with Crippen LogP contribution in [0.1, 0.15) is 35.6 Å². The number of methoxy groups -OCH3 is 1. The number of anilines is 1. The highest BCUT2D eigenvalue weighted by Crippen LogP contribution is 2.28. The Bertz CT molecular complexity index is 910. The van der Waals surface area contributed by atoms with E-state index in [0.717, 1.165) is 34.4 Å². The summed E-state index contributed by atoms with van der Waals surface area (Å²) in [5.41, 5.74) is 4.55. The average molecular weight is 411 g/mol. The van der Waals surface area contributed by atoms with E-state index < -0.39 is 5.97 Å². The zero-order valence-corrected chi connectivity index (χ0v) is 18.2. The van der Waals surface area contributed by atoms with Gasteiger partial charge in [-0.1, -0.05) is 30.7 Å². The third-order valence-electron chi connectivity index (χ3n) is 4.35. The van der Waals surface area contributed by atoms with Crippen molar-refractivity contribution in [2.75, 3.05) is 25.6 Å². The van der Waals surface area contributed by atoms with Crippen LogP contribution in [0, 0.1) is 20.8 Å². The fourth-order valence-electron chi connectivity index (χ4n) is 3.02. The number of aryl methyl sites for hydroxylation is 3. The monoisotopic (exact) mass is 411 g/mol. The van der Waals surface area contributed by atoms with E-state index in [1.165, 1.54) is 6.08 Å². The van der Waals surface area contributed by atoms with Crippen molar-refractivity contribution < 1.29 is 23.8 Å². The molecule has 1 amide bonds. The Balaban J connectivity index is 1.91. The molecule has 0 aliphatic rings. The summed E-state index contributed by atoms with van der Waals surface area (Å²) in [5.74, 6) is 0.248. The van der Waals surface area contributed by atoms with Crippen LogP contribution in [0.15, 0.2) is 36.4 Å². The van der Waals surface area contributed by atoms with Gasteiger partial charge in [0.1, 0.15) is 0 Å². The van der Waals surface area contributed by atoms with Crippen LogP contribution in [-0.4, -0.2) is 32.2 Å². The number of hydrogen-bond acceptors (Lipinski definition) is 5. The van der Waals surface area contributed by atoms with Gasteiger partial charge in [0, 0.05) is 11.8 Å². The summed E-state index contributed by atoms with van der Waals surface area (Å²) < 4.78 is 16.0. The van der Waals surface area contributed by atoms with E-state index in [-0.39, 0.29) is 12.5 Å². The molecular formula is C24H29NO5. The quantitative estimate of drug-likeness (QED) is 0.482. The molecule has 6 nitrogen and oxygen atoms in total. The molecule has 0 fully saturated rings. The molecule has 0 heterocycles. The highest BCUT2D eigenvalue weighted by atomic mass is 16.5. The SMILES string of the molecule is CCCOc1ccc(/C=C/C(=O)OCC(=O)Nc2c(C)cc(C)cc2C)cc1OC. The van der Waals surface area contributed by atoms with Crippen LogP contribution in [0.3, 0.4) is 0 Å². The van der Waals surface area contributed by atoms with Crippen molar-refractivity contribution in [3.8, 4) is 11.5 Å². The first-order valence-corrected chi connectivity index (χ1v) is 9.87. The molecule has 0 atom stereocenters. The van der Waals surface area contributed by atoms with E-state index in [4.69, 9.17) is 14.2 Å². The molecule has 0 aliphatic carbocycles. The van der Waals surface area contributed by atoms with Gasteiger partial charge in [-0.25, -0.2) is 4.79 Å². The van der Waals surface area contributed by atoms with E-state index in [0.29, 0.717) is 18.1 Å². The van der Waals surface area contributed by atoms with Crippen LogP contribution in [0.5, 0.6) is 11.5 Å². The number of esters is 1. The molecule has 0 unspecified atom stereocenters. The highest BCUT2D eigenvalue weighted by molar-refractivity contribution is 5.95. The van der Waals surface area contributed by atoms with Crippen LogP contribution >= 0.6 is 0 Å². The number of ether oxygens (including phenoxy) is 3. The van der Waals surface area contributed by atoms with Gasteiger partial charge in [0.05, 0.1) is 13.7 Å². The zero-order chi connectivity index (χ0) is 22.1. The van der Waals surface area contributed by atoms with E-state index >= 15 is 0 Å². The smallest absolute Gasteiger partial charge is 0.331 e. The number of hydrogen-bond donors (Lipinski definition) is 1. The molecule has 0 aromatic heterocycles. The number of rotatable bonds is 9. The second kappa shape index (κ2) is 11.0. The molecule has 2 rings (SSSR count). The molecule has 0 radical (unpaired) electrons. The van der Waals surface area contributed by atoms with Gasteiger partial charge in [0.15, 0.2) is 18.1 Å². The standard InChI is InChI=1S/C24H29NO5/c1-6-11-29-20-9-7-19(14-21(20)28-5)8-10-23(27)30-15-22(26)25-24-17(3)12-16(2)13-18(24)4/h7-10,12-14H,6,11,15H2,1-5H3,(H,25,26)/b10-8+. The molecule has 2 aromatic rings. The van der Waals surface area contributed by atoms with Crippen LogP contribution in [-0.2, 0) is 14.3 Å². The number of benzene rings is 2. The minimum atomic E-state index is -0.604. The first-order chi connectivity index (χ1) is 14.3. The Kier molecular flexibility index (Phi) is 8.47. The van der Waals surface area contributed by atoms with Gasteiger partial charge in [0.2, 0.25) is 0 Å². The minimum absolute atomic E-state index is 0.358. The predicted molar refractivity (Wildman–Crippen MR) is 118 cm³/mol. The normalized spacial score (nSPS) is 10.7. The Morgan fingerprint density at radius 3 is 2.37 bits per heavy atom. The Morgan fingerprint density at radius 1 is 1.03 bits per heavy atom. The lowest BCUT2D eigenvalue weighted by molar-refractivity contribution is -0.142. The number of amides is 1. The Labute approximate surface area is 177 Å². The molecule has 0 saturated heterocycles. The van der Waals surface area contributed by atoms with Gasteiger partial charge in [-0.3, -0.25) is 4.79 Å². The zero-order valence-electron chi connectivity index (χ0n) is 18.2. The summed E-state index contributed by atoms with van der Waals surface area (Å²) in [5, 5.41) is 2.80. The average Bonchev–Trinajstić information content (AvgIpc) is 2.71. The third-order valence-corrected chi connectivity index (χ3v) is 4.35. The van der Waals surface area contributed by atoms with Gasteiger partial charge in [0.25, 0.3) is 5.91 Å². The summed E-state index contributed by atoms with van der Waals surface area (Å²) in [6.45, 7) is 8.12. The largest absolute Gasteiger partial charge is 0.493 e. The fourth-order valence-corrected chi connectivity index (χ4v) is 3.02. The predicted octanol–water partition coefficient (Wildman–Crippen LogP) is 4.60. The van der Waals surface area contributed by atoms with Crippen molar-refractivity contribution >= 4 is 23.6 Å². The van der Waals surface area contributed by atoms with Crippen LogP contribution in [0.25, 0.3) is 6.08 Å². The van der Waals surface area contributed by atoms with E-state index in [2.05, 4.69) is 5.32 Å². The molecule has 1 N–H and O–H groups in total. The van der Waals surface area contributed by atoms with Crippen LogP contribution < -0.4 is 14.8 Å². The fraction of sp³-hybridized carbons (Fsp3) is 0.333. The lowest BCUT2D eigenvalue weighted by Crippen LogP contribution is -2.21. The summed E-state index contributed by atoms with van der Waals surface area (Å²) in [6, 6.07) is 9.35. The lowest BCUT2D eigenvalue weighted by Gasteiger charge is -2.12. The number of carbonyl (C=O) groups excluding carboxylic acids is 2. The lowest BCUT2D eigenvalue weighted by atomic mass is 10.1.